The van der Waals surface area contributed by atoms with Crippen LogP contribution in [0.2, 0.25) is 0 Å². The Labute approximate surface area is 37.0 Å². The topological polar surface area (TPSA) is 29.5 Å². The zero-order valence-corrected chi connectivity index (χ0v) is 3.93. The predicted molar refractivity (Wildman–Crippen MR) is 23.1 cm³/mol. The van der Waals surface area contributed by atoms with Gasteiger partial charge in [0.1, 0.15) is 6.26 Å². The lowest BCUT2D eigenvalue weighted by atomic mass is 10.4. The van der Waals surface area contributed by atoms with E-state index in [0.29, 0.717) is 0 Å². The summed E-state index contributed by atoms with van der Waals surface area (Å²) >= 11 is 0. The maximum atomic E-state index is 7.66. The summed E-state index contributed by atoms with van der Waals surface area (Å²) in [6.07, 6.45) is 1.26. The smallest absolute Gasteiger partial charge is 0.127 e. The summed E-state index contributed by atoms with van der Waals surface area (Å²) in [5.41, 5.74) is 0.942. The standard InChI is InChI=1S/C4H8O2/c1-4(2)3-6-5/h3,5H,1-2H3. The first-order chi connectivity index (χ1) is 2.77. The van der Waals surface area contributed by atoms with E-state index in [-0.39, 0.29) is 0 Å². The van der Waals surface area contributed by atoms with Gasteiger partial charge < -0.3 is 4.89 Å². The van der Waals surface area contributed by atoms with Crippen molar-refractivity contribution in [3.05, 3.63) is 11.8 Å². The highest BCUT2D eigenvalue weighted by Gasteiger charge is 1.69. The second-order valence-corrected chi connectivity index (χ2v) is 1.30. The molecule has 0 radical (unpaired) electrons. The van der Waals surface area contributed by atoms with Crippen molar-refractivity contribution in [1.29, 1.82) is 0 Å². The second kappa shape index (κ2) is 2.72. The van der Waals surface area contributed by atoms with Gasteiger partial charge in [0.2, 0.25) is 0 Å². The molecule has 0 aromatic heterocycles. The zero-order chi connectivity index (χ0) is 4.99. The monoisotopic (exact) mass is 88.1 g/mol. The van der Waals surface area contributed by atoms with Crippen LogP contribution in [0, 0.1) is 0 Å². The van der Waals surface area contributed by atoms with Crippen LogP contribution in [0.25, 0.3) is 0 Å². The van der Waals surface area contributed by atoms with E-state index in [4.69, 9.17) is 5.26 Å². The molecule has 2 heteroatoms. The molecule has 0 heterocycles. The van der Waals surface area contributed by atoms with Crippen molar-refractivity contribution in [2.45, 2.75) is 13.8 Å². The van der Waals surface area contributed by atoms with E-state index in [2.05, 4.69) is 4.89 Å². The molecule has 1 N–H and O–H groups in total. The lowest BCUT2D eigenvalue weighted by Gasteiger charge is -1.82. The third-order valence-electron chi connectivity index (χ3n) is 0.288. The van der Waals surface area contributed by atoms with E-state index in [1.807, 2.05) is 13.8 Å². The van der Waals surface area contributed by atoms with Crippen LogP contribution in [-0.2, 0) is 4.89 Å². The Morgan fingerprint density at radius 2 is 2.17 bits per heavy atom. The first-order valence-corrected chi connectivity index (χ1v) is 1.71. The average molecular weight is 88.1 g/mol. The molecule has 0 aromatic rings. The Morgan fingerprint density at radius 1 is 1.67 bits per heavy atom. The Hall–Kier alpha value is -0.500. The molecule has 0 aliphatic heterocycles. The highest BCUT2D eigenvalue weighted by Crippen LogP contribution is 1.84. The molecular formula is C4H8O2. The summed E-state index contributed by atoms with van der Waals surface area (Å²) in [5.74, 6) is 0. The van der Waals surface area contributed by atoms with Crippen LogP contribution in [-0.4, -0.2) is 5.26 Å². The van der Waals surface area contributed by atoms with Crippen LogP contribution in [0.4, 0.5) is 0 Å². The quantitative estimate of drug-likeness (QED) is 0.298. The highest BCUT2D eigenvalue weighted by atomic mass is 17.1. The minimum Gasteiger partial charge on any atom is -0.348 e. The largest absolute Gasteiger partial charge is 0.348 e. The van der Waals surface area contributed by atoms with E-state index in [0.717, 1.165) is 5.57 Å². The lowest BCUT2D eigenvalue weighted by molar-refractivity contribution is -0.187. The second-order valence-electron chi connectivity index (χ2n) is 1.30. The summed E-state index contributed by atoms with van der Waals surface area (Å²) in [7, 11) is 0. The van der Waals surface area contributed by atoms with E-state index in [1.54, 1.807) is 0 Å². The van der Waals surface area contributed by atoms with E-state index in [1.165, 1.54) is 6.26 Å². The molecule has 0 saturated heterocycles. The van der Waals surface area contributed by atoms with Gasteiger partial charge in [0.25, 0.3) is 0 Å². The van der Waals surface area contributed by atoms with Gasteiger partial charge in [-0.05, 0) is 19.4 Å². The lowest BCUT2D eigenvalue weighted by Crippen LogP contribution is -1.67. The van der Waals surface area contributed by atoms with Crippen LogP contribution < -0.4 is 0 Å². The predicted octanol–water partition coefficient (Wildman–Crippen LogP) is 1.40. The number of rotatable bonds is 1. The summed E-state index contributed by atoms with van der Waals surface area (Å²) in [6.45, 7) is 3.66. The van der Waals surface area contributed by atoms with Gasteiger partial charge in [-0.1, -0.05) is 0 Å². The van der Waals surface area contributed by atoms with Crippen molar-refractivity contribution >= 4 is 0 Å². The van der Waals surface area contributed by atoms with Gasteiger partial charge in [-0.15, -0.1) is 0 Å². The average Bonchev–Trinajstić information content (AvgIpc) is 1.35. The minimum atomic E-state index is 0.942. The van der Waals surface area contributed by atoms with Gasteiger partial charge in [-0.2, -0.15) is 0 Å². The molecule has 0 saturated carbocycles. The molecule has 0 aromatic carbocycles. The fourth-order valence-corrected chi connectivity index (χ4v) is 0.105. The number of allylic oxidation sites excluding steroid dienone is 1. The highest BCUT2D eigenvalue weighted by molar-refractivity contribution is 4.85. The van der Waals surface area contributed by atoms with E-state index < -0.39 is 0 Å². The fraction of sp³-hybridized carbons (Fsp3) is 0.500. The maximum Gasteiger partial charge on any atom is 0.127 e. The number of hydrogen-bond acceptors (Lipinski definition) is 2. The molecule has 0 spiro atoms. The fourth-order valence-electron chi connectivity index (χ4n) is 0.105. The van der Waals surface area contributed by atoms with E-state index in [9.17, 15) is 0 Å². The van der Waals surface area contributed by atoms with Crippen LogP contribution in [0.15, 0.2) is 11.8 Å². The van der Waals surface area contributed by atoms with Crippen molar-refractivity contribution in [1.82, 2.24) is 0 Å². The van der Waals surface area contributed by atoms with Crippen molar-refractivity contribution in [3.63, 3.8) is 0 Å². The molecule has 0 amide bonds. The first-order valence-electron chi connectivity index (χ1n) is 1.71. The molecule has 0 aliphatic carbocycles. The minimum absolute atomic E-state index is 0.942. The molecule has 2 nitrogen and oxygen atoms in total. The zero-order valence-electron chi connectivity index (χ0n) is 3.93. The summed E-state index contributed by atoms with van der Waals surface area (Å²) in [5, 5.41) is 7.66. The van der Waals surface area contributed by atoms with Crippen LogP contribution in [0.5, 0.6) is 0 Å². The molecule has 0 atom stereocenters. The maximum absolute atomic E-state index is 7.66. The summed E-state index contributed by atoms with van der Waals surface area (Å²) < 4.78 is 0. The SMILES string of the molecule is CC(C)=COO. The van der Waals surface area contributed by atoms with Gasteiger partial charge in [0.05, 0.1) is 0 Å². The molecule has 0 unspecified atom stereocenters. The van der Waals surface area contributed by atoms with Crippen LogP contribution >= 0.6 is 0 Å². The Morgan fingerprint density at radius 3 is 2.17 bits per heavy atom. The van der Waals surface area contributed by atoms with Crippen molar-refractivity contribution in [3.8, 4) is 0 Å². The molecule has 0 aliphatic rings. The van der Waals surface area contributed by atoms with Crippen molar-refractivity contribution in [2.75, 3.05) is 0 Å². The van der Waals surface area contributed by atoms with Crippen molar-refractivity contribution < 1.29 is 10.1 Å². The van der Waals surface area contributed by atoms with Crippen LogP contribution in [0.1, 0.15) is 13.8 Å². The first kappa shape index (κ1) is 5.50. The molecule has 0 bridgehead atoms. The van der Waals surface area contributed by atoms with Crippen LogP contribution in [0.3, 0.4) is 0 Å². The third kappa shape index (κ3) is 3.50. The Bertz CT molecular complexity index is 52.6. The Balaban J connectivity index is 3.14. The van der Waals surface area contributed by atoms with Gasteiger partial charge in [0, 0.05) is 0 Å². The Kier molecular flexibility index (Phi) is 2.50. The van der Waals surface area contributed by atoms with Gasteiger partial charge in [0.15, 0.2) is 0 Å². The molecule has 0 fully saturated rings. The van der Waals surface area contributed by atoms with Gasteiger partial charge in [-0.25, -0.2) is 5.26 Å². The summed E-state index contributed by atoms with van der Waals surface area (Å²) in [4.78, 5) is 3.64. The van der Waals surface area contributed by atoms with Gasteiger partial charge >= 0.3 is 0 Å². The number of hydrogen-bond donors (Lipinski definition) is 1. The van der Waals surface area contributed by atoms with Gasteiger partial charge in [-0.3, -0.25) is 0 Å². The third-order valence-corrected chi connectivity index (χ3v) is 0.288. The molecule has 0 rings (SSSR count). The van der Waals surface area contributed by atoms with Crippen molar-refractivity contribution in [2.24, 2.45) is 0 Å². The molecular weight excluding hydrogens is 80.0 g/mol. The molecule has 36 valence electrons. The molecule has 6 heavy (non-hydrogen) atoms. The normalized spacial score (nSPS) is 7.17. The van der Waals surface area contributed by atoms with E-state index >= 15 is 0 Å². The summed E-state index contributed by atoms with van der Waals surface area (Å²) in [6, 6.07) is 0.